The minimum Gasteiger partial charge on any atom is -0.453 e. The van der Waals surface area contributed by atoms with Crippen LogP contribution >= 0.6 is 11.6 Å². The molecule has 84 valence electrons. The van der Waals surface area contributed by atoms with Crippen molar-refractivity contribution in [3.63, 3.8) is 0 Å². The molecule has 0 aliphatic heterocycles. The third-order valence-electron chi connectivity index (χ3n) is 3.41. The van der Waals surface area contributed by atoms with Crippen LogP contribution in [0.15, 0.2) is 16.7 Å². The van der Waals surface area contributed by atoms with Crippen molar-refractivity contribution in [1.29, 1.82) is 0 Å². The van der Waals surface area contributed by atoms with E-state index in [-0.39, 0.29) is 6.04 Å². The zero-order valence-corrected chi connectivity index (χ0v) is 9.67. The Morgan fingerprint density at radius 2 is 1.93 bits per heavy atom. The molecule has 0 aromatic carbocycles. The van der Waals surface area contributed by atoms with Crippen LogP contribution < -0.4 is 5.73 Å². The molecule has 2 N–H and O–H groups in total. The van der Waals surface area contributed by atoms with Crippen molar-refractivity contribution in [2.45, 2.75) is 44.6 Å². The first kappa shape index (κ1) is 11.0. The van der Waals surface area contributed by atoms with Gasteiger partial charge in [-0.25, -0.2) is 0 Å². The molecule has 1 aromatic rings. The molecular weight excluding hydrogens is 210 g/mol. The highest BCUT2D eigenvalue weighted by Crippen LogP contribution is 2.34. The van der Waals surface area contributed by atoms with E-state index in [4.69, 9.17) is 21.8 Å². The van der Waals surface area contributed by atoms with Gasteiger partial charge in [-0.2, -0.15) is 0 Å². The Balaban J connectivity index is 2.06. The molecular formula is C12H18ClNO. The first-order valence-corrected chi connectivity index (χ1v) is 6.15. The second kappa shape index (κ2) is 5.04. The van der Waals surface area contributed by atoms with Crippen molar-refractivity contribution >= 4 is 11.6 Å². The van der Waals surface area contributed by atoms with Gasteiger partial charge in [0.2, 0.25) is 0 Å². The summed E-state index contributed by atoms with van der Waals surface area (Å²) in [5.74, 6) is 0.572. The van der Waals surface area contributed by atoms with Crippen molar-refractivity contribution < 1.29 is 4.42 Å². The van der Waals surface area contributed by atoms with E-state index in [1.165, 1.54) is 38.5 Å². The van der Waals surface area contributed by atoms with Crippen LogP contribution in [0.1, 0.15) is 50.1 Å². The van der Waals surface area contributed by atoms with Crippen LogP contribution in [0.4, 0.5) is 0 Å². The maximum Gasteiger partial charge on any atom is 0.197 e. The van der Waals surface area contributed by atoms with E-state index in [2.05, 4.69) is 0 Å². The summed E-state index contributed by atoms with van der Waals surface area (Å²) in [6.45, 7) is 0. The van der Waals surface area contributed by atoms with E-state index in [9.17, 15) is 0 Å². The fourth-order valence-electron chi connectivity index (χ4n) is 2.47. The summed E-state index contributed by atoms with van der Waals surface area (Å²) in [4.78, 5) is 0. The summed E-state index contributed by atoms with van der Waals surface area (Å²) in [7, 11) is 0. The fourth-order valence-corrected chi connectivity index (χ4v) is 2.71. The summed E-state index contributed by atoms with van der Waals surface area (Å²) in [5, 5.41) is 0.465. The lowest BCUT2D eigenvalue weighted by Gasteiger charge is -2.21. The maximum absolute atomic E-state index is 6.24. The molecule has 2 nitrogen and oxygen atoms in total. The molecule has 2 rings (SSSR count). The number of hydrogen-bond donors (Lipinski definition) is 1. The fraction of sp³-hybridized carbons (Fsp3) is 0.667. The van der Waals surface area contributed by atoms with Crippen LogP contribution in [0.2, 0.25) is 5.22 Å². The molecule has 1 aromatic heterocycles. The molecule has 1 fully saturated rings. The summed E-state index contributed by atoms with van der Waals surface area (Å²) < 4.78 is 5.09. The van der Waals surface area contributed by atoms with E-state index in [1.807, 2.05) is 6.07 Å². The van der Waals surface area contributed by atoms with Gasteiger partial charge < -0.3 is 10.2 Å². The van der Waals surface area contributed by atoms with Gasteiger partial charge in [0.25, 0.3) is 0 Å². The molecule has 1 heterocycles. The average Bonchev–Trinajstić information content (AvgIpc) is 2.53. The molecule has 0 spiro atoms. The quantitative estimate of drug-likeness (QED) is 0.779. The summed E-state index contributed by atoms with van der Waals surface area (Å²) in [6, 6.07) is 1.95. The Labute approximate surface area is 95.8 Å². The lowest BCUT2D eigenvalue weighted by molar-refractivity contribution is 0.380. The number of nitrogens with two attached hydrogens (primary N) is 1. The summed E-state index contributed by atoms with van der Waals surface area (Å²) in [5.41, 5.74) is 7.22. The number of rotatable bonds is 2. The van der Waals surface area contributed by atoms with Gasteiger partial charge in [0, 0.05) is 11.6 Å². The lowest BCUT2D eigenvalue weighted by atomic mass is 9.89. The van der Waals surface area contributed by atoms with Crippen molar-refractivity contribution in [1.82, 2.24) is 0 Å². The van der Waals surface area contributed by atoms with Crippen LogP contribution in [0.25, 0.3) is 0 Å². The Kier molecular flexibility index (Phi) is 3.71. The number of halogens is 1. The second-order valence-electron chi connectivity index (χ2n) is 4.43. The molecule has 0 saturated heterocycles. The van der Waals surface area contributed by atoms with E-state index < -0.39 is 0 Å². The molecule has 1 aliphatic rings. The number of hydrogen-bond acceptors (Lipinski definition) is 2. The molecule has 0 radical (unpaired) electrons. The first-order valence-electron chi connectivity index (χ1n) is 5.77. The number of furan rings is 1. The average molecular weight is 228 g/mol. The molecule has 0 bridgehead atoms. The van der Waals surface area contributed by atoms with E-state index in [0.717, 1.165) is 5.56 Å². The minimum absolute atomic E-state index is 0.0503. The zero-order valence-electron chi connectivity index (χ0n) is 8.92. The van der Waals surface area contributed by atoms with Gasteiger partial charge in [0.1, 0.15) is 0 Å². The van der Waals surface area contributed by atoms with E-state index in [1.54, 1.807) is 6.26 Å². The van der Waals surface area contributed by atoms with Gasteiger partial charge in [-0.1, -0.05) is 25.7 Å². The smallest absolute Gasteiger partial charge is 0.197 e. The van der Waals surface area contributed by atoms with Gasteiger partial charge in [0.05, 0.1) is 6.26 Å². The largest absolute Gasteiger partial charge is 0.453 e. The van der Waals surface area contributed by atoms with Gasteiger partial charge >= 0.3 is 0 Å². The van der Waals surface area contributed by atoms with Gasteiger partial charge in [0.15, 0.2) is 5.22 Å². The van der Waals surface area contributed by atoms with Crippen LogP contribution in [-0.4, -0.2) is 0 Å². The van der Waals surface area contributed by atoms with Crippen LogP contribution in [0.3, 0.4) is 0 Å². The third-order valence-corrected chi connectivity index (χ3v) is 3.72. The minimum atomic E-state index is 0.0503. The van der Waals surface area contributed by atoms with Gasteiger partial charge in [-0.15, -0.1) is 0 Å². The second-order valence-corrected chi connectivity index (χ2v) is 4.77. The normalized spacial score (nSPS) is 21.2. The lowest BCUT2D eigenvalue weighted by Crippen LogP contribution is -2.20. The van der Waals surface area contributed by atoms with Crippen LogP contribution in [0, 0.1) is 5.92 Å². The predicted molar refractivity (Wildman–Crippen MR) is 61.8 cm³/mol. The van der Waals surface area contributed by atoms with Crippen molar-refractivity contribution in [3.8, 4) is 0 Å². The van der Waals surface area contributed by atoms with E-state index >= 15 is 0 Å². The standard InChI is InChI=1S/C12H18ClNO/c13-12-10(7-8-15-12)11(14)9-5-3-1-2-4-6-9/h7-9,11H,1-6,14H2. The maximum atomic E-state index is 6.24. The third kappa shape index (κ3) is 2.56. The first-order chi connectivity index (χ1) is 7.29. The van der Waals surface area contributed by atoms with Crippen LogP contribution in [-0.2, 0) is 0 Å². The predicted octanol–water partition coefficient (Wildman–Crippen LogP) is 3.90. The SMILES string of the molecule is NC(c1ccoc1Cl)C1CCCCCC1. The molecule has 1 aliphatic carbocycles. The Morgan fingerprint density at radius 3 is 2.47 bits per heavy atom. The van der Waals surface area contributed by atoms with Crippen molar-refractivity contribution in [2.24, 2.45) is 11.7 Å². The Morgan fingerprint density at radius 1 is 1.27 bits per heavy atom. The van der Waals surface area contributed by atoms with Gasteiger partial charge in [-0.05, 0) is 36.4 Å². The highest BCUT2D eigenvalue weighted by molar-refractivity contribution is 6.29. The highest BCUT2D eigenvalue weighted by Gasteiger charge is 2.23. The monoisotopic (exact) mass is 227 g/mol. The highest BCUT2D eigenvalue weighted by atomic mass is 35.5. The Hall–Kier alpha value is -0.470. The topological polar surface area (TPSA) is 39.2 Å². The molecule has 3 heteroatoms. The summed E-state index contributed by atoms with van der Waals surface area (Å²) in [6.07, 6.45) is 9.37. The molecule has 1 unspecified atom stereocenters. The molecule has 1 saturated carbocycles. The molecule has 15 heavy (non-hydrogen) atoms. The summed E-state index contributed by atoms with van der Waals surface area (Å²) >= 11 is 5.95. The van der Waals surface area contributed by atoms with Gasteiger partial charge in [-0.3, -0.25) is 0 Å². The molecule has 1 atom stereocenters. The Bertz CT molecular complexity index is 302. The van der Waals surface area contributed by atoms with Crippen molar-refractivity contribution in [2.75, 3.05) is 0 Å². The molecule has 0 amide bonds. The van der Waals surface area contributed by atoms with Crippen molar-refractivity contribution in [3.05, 3.63) is 23.1 Å². The van der Waals surface area contributed by atoms with E-state index in [0.29, 0.717) is 11.1 Å². The van der Waals surface area contributed by atoms with Crippen LogP contribution in [0.5, 0.6) is 0 Å². The zero-order chi connectivity index (χ0) is 10.7.